The quantitative estimate of drug-likeness (QED) is 0.383. The first-order valence-corrected chi connectivity index (χ1v) is 11.7. The Hall–Kier alpha value is -3.45. The second kappa shape index (κ2) is 9.58. The molecule has 2 aromatic rings. The van der Waals surface area contributed by atoms with Gasteiger partial charge in [0.25, 0.3) is 5.56 Å². The highest BCUT2D eigenvalue weighted by atomic mass is 32.2. The molecule has 1 aromatic carbocycles. The Morgan fingerprint density at radius 2 is 1.94 bits per heavy atom. The average molecular weight is 480 g/mol. The number of sulfone groups is 1. The molecule has 178 valence electrons. The van der Waals surface area contributed by atoms with E-state index in [4.69, 9.17) is 4.74 Å². The first-order valence-electron chi connectivity index (χ1n) is 9.88. The topological polar surface area (TPSA) is 177 Å². The lowest BCUT2D eigenvalue weighted by atomic mass is 10.0. The van der Waals surface area contributed by atoms with Crippen molar-refractivity contribution in [2.24, 2.45) is 7.05 Å². The minimum absolute atomic E-state index is 0.0694. The highest BCUT2D eigenvalue weighted by Crippen LogP contribution is 2.25. The van der Waals surface area contributed by atoms with Gasteiger partial charge in [0.2, 0.25) is 0 Å². The lowest BCUT2D eigenvalue weighted by molar-refractivity contribution is -0.139. The number of carbonyl (C=O) groups excluding carboxylic acids is 1. The Balaban J connectivity index is 1.71. The van der Waals surface area contributed by atoms with Gasteiger partial charge < -0.3 is 25.6 Å². The molecule has 4 N–H and O–H groups in total. The number of hydrogen-bond donors (Lipinski definition) is 4. The molecule has 1 aromatic heterocycles. The van der Waals surface area contributed by atoms with Gasteiger partial charge in [-0.05, 0) is 11.1 Å². The fraction of sp³-hybridized carbons (Fsp3) is 0.400. The van der Waals surface area contributed by atoms with Crippen LogP contribution in [0.3, 0.4) is 0 Å². The van der Waals surface area contributed by atoms with Gasteiger partial charge >= 0.3 is 12.0 Å². The largest absolute Gasteiger partial charge is 0.494 e. The summed E-state index contributed by atoms with van der Waals surface area (Å²) in [5.74, 6) is -1.88. The predicted molar refractivity (Wildman–Crippen MR) is 117 cm³/mol. The Labute approximate surface area is 189 Å². The van der Waals surface area contributed by atoms with Crippen molar-refractivity contribution >= 4 is 21.8 Å². The van der Waals surface area contributed by atoms with E-state index in [2.05, 4.69) is 15.7 Å². The number of urea groups is 1. The second-order valence-corrected chi connectivity index (χ2v) is 9.83. The number of methoxy groups -OCH3 is 1. The Morgan fingerprint density at radius 3 is 2.48 bits per heavy atom. The van der Waals surface area contributed by atoms with Gasteiger partial charge in [0.15, 0.2) is 15.6 Å². The standard InChI is InChI=1S/C20H24N4O8S/c1-24-18(26)17(16(32-2)8-21-24)12-5-3-11(4-6-12)7-13(19(27)28)22-20(29)23-14-9-33(30,31)10-15(14)25/h3-6,8,13-15,25H,7,9-10H2,1-2H3,(H,27,28)(H2,22,23,29)/t13-,14?,15?/m0/s1. The fourth-order valence-corrected chi connectivity index (χ4v) is 5.26. The lowest BCUT2D eigenvalue weighted by Crippen LogP contribution is -2.52. The molecule has 3 rings (SSSR count). The molecule has 33 heavy (non-hydrogen) atoms. The van der Waals surface area contributed by atoms with E-state index in [0.717, 1.165) is 0 Å². The van der Waals surface area contributed by atoms with Crippen molar-refractivity contribution in [1.29, 1.82) is 0 Å². The van der Waals surface area contributed by atoms with Crippen LogP contribution in [0, 0.1) is 0 Å². The number of carbonyl (C=O) groups is 2. The zero-order valence-electron chi connectivity index (χ0n) is 17.9. The van der Waals surface area contributed by atoms with Crippen LogP contribution in [0.4, 0.5) is 4.79 Å². The molecule has 0 saturated carbocycles. The smallest absolute Gasteiger partial charge is 0.326 e. The van der Waals surface area contributed by atoms with Crippen molar-refractivity contribution in [3.8, 4) is 16.9 Å². The number of aliphatic carboxylic acids is 1. The van der Waals surface area contributed by atoms with Crippen LogP contribution in [0.2, 0.25) is 0 Å². The minimum Gasteiger partial charge on any atom is -0.494 e. The van der Waals surface area contributed by atoms with E-state index in [0.29, 0.717) is 22.4 Å². The van der Waals surface area contributed by atoms with Gasteiger partial charge in [0.1, 0.15) is 6.04 Å². The van der Waals surface area contributed by atoms with E-state index in [9.17, 15) is 33.0 Å². The molecule has 12 nitrogen and oxygen atoms in total. The molecule has 0 bridgehead atoms. The van der Waals surface area contributed by atoms with E-state index >= 15 is 0 Å². The number of aliphatic hydroxyl groups excluding tert-OH is 1. The molecular weight excluding hydrogens is 456 g/mol. The summed E-state index contributed by atoms with van der Waals surface area (Å²) >= 11 is 0. The summed E-state index contributed by atoms with van der Waals surface area (Å²) in [7, 11) is -0.540. The van der Waals surface area contributed by atoms with Crippen LogP contribution < -0.4 is 20.9 Å². The molecular formula is C20H24N4O8S. The fourth-order valence-electron chi connectivity index (χ4n) is 3.52. The first-order chi connectivity index (χ1) is 15.5. The van der Waals surface area contributed by atoms with Crippen LogP contribution in [0.5, 0.6) is 5.75 Å². The van der Waals surface area contributed by atoms with E-state index in [-0.39, 0.29) is 12.0 Å². The normalized spacial score (nSPS) is 20.1. The Bertz CT molecular complexity index is 1210. The number of carboxylic acid groups (broad SMARTS) is 1. The van der Waals surface area contributed by atoms with Crippen LogP contribution >= 0.6 is 0 Å². The number of aryl methyl sites for hydroxylation is 1. The maximum atomic E-state index is 12.5. The Kier molecular flexibility index (Phi) is 7.03. The molecule has 1 saturated heterocycles. The maximum absolute atomic E-state index is 12.5. The number of benzene rings is 1. The summed E-state index contributed by atoms with van der Waals surface area (Å²) in [5.41, 5.74) is 1.06. The molecule has 1 aliphatic heterocycles. The number of nitrogens with zero attached hydrogens (tertiary/aromatic N) is 2. The number of carboxylic acids is 1. The zero-order valence-corrected chi connectivity index (χ0v) is 18.7. The van der Waals surface area contributed by atoms with Crippen LogP contribution in [0.1, 0.15) is 5.56 Å². The van der Waals surface area contributed by atoms with Crippen molar-refractivity contribution in [3.05, 3.63) is 46.4 Å². The van der Waals surface area contributed by atoms with Gasteiger partial charge in [-0.2, -0.15) is 5.10 Å². The number of rotatable bonds is 7. The molecule has 1 fully saturated rings. The Morgan fingerprint density at radius 1 is 1.27 bits per heavy atom. The monoisotopic (exact) mass is 480 g/mol. The molecule has 3 atom stereocenters. The number of ether oxygens (including phenoxy) is 1. The van der Waals surface area contributed by atoms with Crippen molar-refractivity contribution in [3.63, 3.8) is 0 Å². The van der Waals surface area contributed by atoms with Gasteiger partial charge in [0.05, 0.1) is 42.5 Å². The van der Waals surface area contributed by atoms with E-state index < -0.39 is 51.5 Å². The summed E-state index contributed by atoms with van der Waals surface area (Å²) in [5, 5.41) is 27.8. The van der Waals surface area contributed by atoms with Crippen molar-refractivity contribution in [2.75, 3.05) is 18.6 Å². The van der Waals surface area contributed by atoms with Crippen molar-refractivity contribution in [1.82, 2.24) is 20.4 Å². The summed E-state index contributed by atoms with van der Waals surface area (Å²) in [6.45, 7) is 0. The van der Waals surface area contributed by atoms with E-state index in [1.807, 2.05) is 0 Å². The molecule has 0 aliphatic carbocycles. The third-order valence-corrected chi connectivity index (χ3v) is 6.96. The molecule has 13 heteroatoms. The first kappa shape index (κ1) is 24.2. The van der Waals surface area contributed by atoms with Gasteiger partial charge in [0, 0.05) is 13.5 Å². The predicted octanol–water partition coefficient (Wildman–Crippen LogP) is -1.09. The highest BCUT2D eigenvalue weighted by Gasteiger charge is 2.37. The average Bonchev–Trinajstić information content (AvgIpc) is 3.00. The maximum Gasteiger partial charge on any atom is 0.326 e. The molecule has 0 spiro atoms. The summed E-state index contributed by atoms with van der Waals surface area (Å²) in [6, 6.07) is 3.29. The highest BCUT2D eigenvalue weighted by molar-refractivity contribution is 7.91. The third kappa shape index (κ3) is 5.68. The van der Waals surface area contributed by atoms with Crippen LogP contribution in [-0.4, -0.2) is 77.2 Å². The summed E-state index contributed by atoms with van der Waals surface area (Å²) < 4.78 is 29.5. The second-order valence-electron chi connectivity index (χ2n) is 7.68. The number of aliphatic hydroxyl groups is 1. The lowest BCUT2D eigenvalue weighted by Gasteiger charge is -2.19. The minimum atomic E-state index is -3.47. The van der Waals surface area contributed by atoms with E-state index in [1.165, 1.54) is 25.0 Å². The summed E-state index contributed by atoms with van der Waals surface area (Å²) in [6.07, 6.45) is 0.0923. The molecule has 0 radical (unpaired) electrons. The summed E-state index contributed by atoms with van der Waals surface area (Å²) in [4.78, 5) is 36.3. The van der Waals surface area contributed by atoms with Crippen LogP contribution in [0.25, 0.3) is 11.1 Å². The molecule has 2 heterocycles. The molecule has 1 aliphatic rings. The van der Waals surface area contributed by atoms with Gasteiger partial charge in [-0.3, -0.25) is 4.79 Å². The number of amides is 2. The van der Waals surface area contributed by atoms with Crippen molar-refractivity contribution < 1.29 is 33.0 Å². The van der Waals surface area contributed by atoms with Gasteiger partial charge in [-0.15, -0.1) is 0 Å². The number of aromatic nitrogens is 2. The third-order valence-electron chi connectivity index (χ3n) is 5.25. The zero-order chi connectivity index (χ0) is 24.3. The van der Waals surface area contributed by atoms with Crippen LogP contribution in [-0.2, 0) is 28.1 Å². The van der Waals surface area contributed by atoms with Gasteiger partial charge in [-0.1, -0.05) is 24.3 Å². The van der Waals surface area contributed by atoms with Crippen LogP contribution in [0.15, 0.2) is 35.3 Å². The van der Waals surface area contributed by atoms with E-state index in [1.54, 1.807) is 24.3 Å². The SMILES string of the molecule is COc1cnn(C)c(=O)c1-c1ccc(C[C@H](NC(=O)NC2CS(=O)(=O)CC2O)C(=O)O)cc1. The van der Waals surface area contributed by atoms with Gasteiger partial charge in [-0.25, -0.2) is 22.7 Å². The number of nitrogens with one attached hydrogen (secondary N) is 2. The molecule has 2 unspecified atom stereocenters. The molecule has 2 amide bonds. The van der Waals surface area contributed by atoms with Crippen molar-refractivity contribution in [2.45, 2.75) is 24.6 Å². The number of hydrogen-bond acceptors (Lipinski definition) is 8.